The molecule has 31 heavy (non-hydrogen) atoms. The second kappa shape index (κ2) is 9.37. The summed E-state index contributed by atoms with van der Waals surface area (Å²) in [5.41, 5.74) is -2.02. The minimum atomic E-state index is -2.02. The summed E-state index contributed by atoms with van der Waals surface area (Å²) >= 11 is 0. The molecule has 1 aromatic carbocycles. The molecule has 0 N–H and O–H groups in total. The first-order chi connectivity index (χ1) is 14.5. The molecular weight excluding hydrogens is 414 g/mol. The average molecular weight is 435 g/mol. The van der Waals surface area contributed by atoms with Gasteiger partial charge in [0.2, 0.25) is 5.60 Å². The van der Waals surface area contributed by atoms with Gasteiger partial charge in [-0.15, -0.1) is 0 Å². The lowest BCUT2D eigenvalue weighted by atomic mass is 9.79. The summed E-state index contributed by atoms with van der Waals surface area (Å²) in [6.45, 7) is 3.32. The Bertz CT molecular complexity index is 953. The van der Waals surface area contributed by atoms with Crippen LogP contribution in [0, 0.1) is 10.1 Å². The second-order valence-electron chi connectivity index (χ2n) is 6.76. The van der Waals surface area contributed by atoms with Gasteiger partial charge >= 0.3 is 23.9 Å². The molecule has 0 aliphatic heterocycles. The van der Waals surface area contributed by atoms with Gasteiger partial charge in [-0.05, 0) is 11.6 Å². The van der Waals surface area contributed by atoms with E-state index in [9.17, 15) is 29.3 Å². The first-order valence-electron chi connectivity index (χ1n) is 9.09. The first kappa shape index (κ1) is 23.5. The minimum Gasteiger partial charge on any atom is -0.466 e. The van der Waals surface area contributed by atoms with Crippen molar-refractivity contribution in [1.29, 1.82) is 0 Å². The van der Waals surface area contributed by atoms with Gasteiger partial charge in [-0.25, -0.2) is 4.79 Å². The molecule has 2 rings (SSSR count). The largest absolute Gasteiger partial charge is 0.466 e. The smallest absolute Gasteiger partial charge is 0.354 e. The summed E-state index contributed by atoms with van der Waals surface area (Å²) in [6, 6.07) is 5.30. The van der Waals surface area contributed by atoms with E-state index in [1.807, 2.05) is 0 Å². The zero-order valence-electron chi connectivity index (χ0n) is 17.3. The molecule has 0 bridgehead atoms. The number of non-ortho nitro benzene ring substituents is 1. The molecule has 0 fully saturated rings. The van der Waals surface area contributed by atoms with Crippen molar-refractivity contribution < 1.29 is 43.0 Å². The molecule has 0 heterocycles. The molecule has 0 aromatic heterocycles. The lowest BCUT2D eigenvalue weighted by Crippen LogP contribution is -2.52. The van der Waals surface area contributed by atoms with Crippen molar-refractivity contribution in [3.63, 3.8) is 0 Å². The molecular formula is C20H21NO10. The Hall–Kier alpha value is -3.76. The van der Waals surface area contributed by atoms with Crippen LogP contribution in [0.4, 0.5) is 5.69 Å². The van der Waals surface area contributed by atoms with Gasteiger partial charge in [0, 0.05) is 44.9 Å². The number of esters is 4. The maximum atomic E-state index is 12.6. The van der Waals surface area contributed by atoms with Crippen LogP contribution in [-0.4, -0.2) is 53.7 Å². The Balaban J connectivity index is 2.78. The zero-order chi connectivity index (χ0) is 23.3. The molecule has 166 valence electrons. The van der Waals surface area contributed by atoms with Gasteiger partial charge in [0.15, 0.2) is 6.10 Å². The van der Waals surface area contributed by atoms with Gasteiger partial charge < -0.3 is 18.9 Å². The molecule has 3 atom stereocenters. The van der Waals surface area contributed by atoms with Crippen molar-refractivity contribution in [2.45, 2.75) is 45.0 Å². The molecule has 11 heteroatoms. The van der Waals surface area contributed by atoms with Crippen LogP contribution in [0.3, 0.4) is 0 Å². The van der Waals surface area contributed by atoms with Crippen LogP contribution >= 0.6 is 0 Å². The molecule has 0 spiro atoms. The quantitative estimate of drug-likeness (QED) is 0.280. The lowest BCUT2D eigenvalue weighted by Gasteiger charge is -2.39. The number of methoxy groups -OCH3 is 1. The monoisotopic (exact) mass is 435 g/mol. The van der Waals surface area contributed by atoms with E-state index in [4.69, 9.17) is 18.9 Å². The molecule has 0 saturated heterocycles. The number of ether oxygens (including phenoxy) is 4. The Labute approximate surface area is 177 Å². The number of nitro groups is 1. The third kappa shape index (κ3) is 5.44. The number of hydrogen-bond donors (Lipinski definition) is 0. The van der Waals surface area contributed by atoms with E-state index in [0.29, 0.717) is 0 Å². The van der Waals surface area contributed by atoms with Crippen LogP contribution in [0.15, 0.2) is 30.3 Å². The summed E-state index contributed by atoms with van der Waals surface area (Å²) < 4.78 is 20.7. The molecule has 0 saturated carbocycles. The number of rotatable bonds is 6. The van der Waals surface area contributed by atoms with Gasteiger partial charge in [0.05, 0.1) is 12.0 Å². The third-order valence-electron chi connectivity index (χ3n) is 4.39. The number of carbonyl (C=O) groups is 4. The molecule has 0 unspecified atom stereocenters. The summed E-state index contributed by atoms with van der Waals surface area (Å²) in [4.78, 5) is 58.5. The number of nitrogens with zero attached hydrogens (tertiary/aromatic N) is 1. The average Bonchev–Trinajstić information content (AvgIpc) is 2.67. The normalized spacial score (nSPS) is 22.5. The maximum Gasteiger partial charge on any atom is 0.354 e. The molecule has 11 nitrogen and oxygen atoms in total. The summed E-state index contributed by atoms with van der Waals surface area (Å²) in [5.74, 6) is -3.27. The van der Waals surface area contributed by atoms with E-state index in [2.05, 4.69) is 0 Å². The topological polar surface area (TPSA) is 148 Å². The Kier molecular flexibility index (Phi) is 7.11. The van der Waals surface area contributed by atoms with Crippen LogP contribution in [0.25, 0.3) is 5.57 Å². The summed E-state index contributed by atoms with van der Waals surface area (Å²) in [6.07, 6.45) is -1.67. The van der Waals surface area contributed by atoms with Crippen LogP contribution in [-0.2, 0) is 38.1 Å². The van der Waals surface area contributed by atoms with E-state index in [-0.39, 0.29) is 16.8 Å². The summed E-state index contributed by atoms with van der Waals surface area (Å²) in [5, 5.41) is 11.2. The Morgan fingerprint density at radius 2 is 1.71 bits per heavy atom. The van der Waals surface area contributed by atoms with Crippen LogP contribution < -0.4 is 0 Å². The lowest BCUT2D eigenvalue weighted by molar-refractivity contribution is -0.384. The summed E-state index contributed by atoms with van der Waals surface area (Å²) in [7, 11) is 1.08. The molecule has 0 amide bonds. The van der Waals surface area contributed by atoms with E-state index in [1.54, 1.807) is 0 Å². The van der Waals surface area contributed by atoms with Crippen molar-refractivity contribution in [2.75, 3.05) is 7.11 Å². The third-order valence-corrected chi connectivity index (χ3v) is 4.39. The van der Waals surface area contributed by atoms with Gasteiger partial charge in [-0.3, -0.25) is 24.5 Å². The standard InChI is InChI=1S/C20H21NO10/c1-11(22)29-17-10-20(19(25)28-4,31-13(3)24)9-16(18(17)30-12(2)23)14-6-5-7-15(8-14)21(26)27/h5-9,17-18H,10H2,1-4H3/t17-,18-,20+/m1/s1. The van der Waals surface area contributed by atoms with Crippen molar-refractivity contribution in [1.82, 2.24) is 0 Å². The number of carbonyl (C=O) groups excluding carboxylic acids is 4. The fourth-order valence-corrected chi connectivity index (χ4v) is 3.36. The SMILES string of the molecule is COC(=O)[C@]1(OC(C)=O)C=C(c2cccc([N+](=O)[O-])c2)[C@@H](OC(C)=O)[C@H](OC(C)=O)C1. The number of hydrogen-bond acceptors (Lipinski definition) is 10. The molecule has 1 aliphatic carbocycles. The highest BCUT2D eigenvalue weighted by molar-refractivity contribution is 5.90. The predicted molar refractivity (Wildman–Crippen MR) is 103 cm³/mol. The van der Waals surface area contributed by atoms with Crippen molar-refractivity contribution in [3.05, 3.63) is 46.0 Å². The number of nitro benzene ring substituents is 1. The van der Waals surface area contributed by atoms with Gasteiger partial charge in [-0.1, -0.05) is 12.1 Å². The Morgan fingerprint density at radius 1 is 1.06 bits per heavy atom. The van der Waals surface area contributed by atoms with Crippen molar-refractivity contribution >= 4 is 35.1 Å². The zero-order valence-corrected chi connectivity index (χ0v) is 17.3. The van der Waals surface area contributed by atoms with Crippen LogP contribution in [0.2, 0.25) is 0 Å². The Morgan fingerprint density at radius 3 is 2.23 bits per heavy atom. The predicted octanol–water partition coefficient (Wildman–Crippen LogP) is 1.72. The number of benzene rings is 1. The van der Waals surface area contributed by atoms with E-state index in [1.165, 1.54) is 30.3 Å². The maximum absolute atomic E-state index is 12.6. The van der Waals surface area contributed by atoms with Gasteiger partial charge in [-0.2, -0.15) is 0 Å². The highest BCUT2D eigenvalue weighted by Crippen LogP contribution is 2.40. The molecule has 1 aliphatic rings. The van der Waals surface area contributed by atoms with Crippen LogP contribution in [0.5, 0.6) is 0 Å². The van der Waals surface area contributed by atoms with Crippen LogP contribution in [0.1, 0.15) is 32.8 Å². The fraction of sp³-hybridized carbons (Fsp3) is 0.400. The van der Waals surface area contributed by atoms with E-state index < -0.39 is 53.0 Å². The highest BCUT2D eigenvalue weighted by Gasteiger charge is 2.52. The van der Waals surface area contributed by atoms with Gasteiger partial charge in [0.1, 0.15) is 6.10 Å². The van der Waals surface area contributed by atoms with E-state index in [0.717, 1.165) is 27.9 Å². The van der Waals surface area contributed by atoms with E-state index >= 15 is 0 Å². The second-order valence-corrected chi connectivity index (χ2v) is 6.76. The fourth-order valence-electron chi connectivity index (χ4n) is 3.36. The minimum absolute atomic E-state index is 0.0723. The highest BCUT2D eigenvalue weighted by atomic mass is 16.6. The van der Waals surface area contributed by atoms with Gasteiger partial charge in [0.25, 0.3) is 5.69 Å². The molecule has 1 aromatic rings. The first-order valence-corrected chi connectivity index (χ1v) is 9.09. The van der Waals surface area contributed by atoms with Crippen molar-refractivity contribution in [3.8, 4) is 0 Å². The van der Waals surface area contributed by atoms with Crippen molar-refractivity contribution in [2.24, 2.45) is 0 Å². The molecule has 0 radical (unpaired) electrons.